The van der Waals surface area contributed by atoms with Crippen LogP contribution in [0.4, 0.5) is 0 Å². The average molecular weight is 716 g/mol. The number of hydrogen-bond acceptors (Lipinski definition) is 10. The highest BCUT2D eigenvalue weighted by Gasteiger charge is 2.69. The van der Waals surface area contributed by atoms with Gasteiger partial charge in [0, 0.05) is 17.1 Å². The van der Waals surface area contributed by atoms with Gasteiger partial charge in [0.15, 0.2) is 19.7 Å². The number of fused-ring (bicyclic) bond motifs is 4. The molecule has 3 aliphatic rings. The maximum absolute atomic E-state index is 15.6. The monoisotopic (exact) mass is 715 g/mol. The highest BCUT2D eigenvalue weighted by atomic mass is 28.4. The van der Waals surface area contributed by atoms with Crippen LogP contribution in [0.1, 0.15) is 100 Å². The molecule has 0 unspecified atom stereocenters. The van der Waals surface area contributed by atoms with Crippen molar-refractivity contribution in [2.24, 2.45) is 11.8 Å². The standard InChI is InChI=1S/C40H53N3O7Si/c1-10-12-19-47-28-23-41-32(24-17-15-14-16-18-24)26-21-25-22-27-33(43(6)7)35-31(38(42-49-35)48-20-13-11-2)37(46)40(27,50-51(8,9)39(3,4)5)36(45)29(25)34(44)30(26)28/h14-18,23,25,27,33,44H,10-13,19-22H2,1-9H3/t25-,27-,33-,40-/m0/s1. The molecule has 0 spiro atoms. The summed E-state index contributed by atoms with van der Waals surface area (Å²) >= 11 is 0. The van der Waals surface area contributed by atoms with Gasteiger partial charge in [0.2, 0.25) is 11.6 Å². The molecule has 0 radical (unpaired) electrons. The number of carbonyl (C=O) groups excluding carboxylic acids is 2. The Kier molecular flexibility index (Phi) is 10.1. The number of ether oxygens (including phenoxy) is 2. The molecule has 2 heterocycles. The van der Waals surface area contributed by atoms with E-state index >= 15 is 9.59 Å². The van der Waals surface area contributed by atoms with Crippen LogP contribution in [0, 0.1) is 11.8 Å². The van der Waals surface area contributed by atoms with E-state index < -0.39 is 43.4 Å². The minimum Gasteiger partial charge on any atom is -0.507 e. The second-order valence-corrected chi connectivity index (χ2v) is 20.7. The van der Waals surface area contributed by atoms with Crippen molar-refractivity contribution in [3.8, 4) is 22.9 Å². The lowest BCUT2D eigenvalue weighted by atomic mass is 9.57. The van der Waals surface area contributed by atoms with Gasteiger partial charge in [0.25, 0.3) is 5.88 Å². The SMILES string of the molecule is CCCCOc1cnc(-c2ccccc2)c2c1C(O)=C1C(=O)[C@]3(O[Si](C)(C)C(C)(C)C)C(=O)c4c(OCCCC)noc4[C@@H](N(C)C)[C@@H]3C[C@@H]1C2. The van der Waals surface area contributed by atoms with Gasteiger partial charge in [-0.2, -0.15) is 0 Å². The molecule has 10 nitrogen and oxygen atoms in total. The summed E-state index contributed by atoms with van der Waals surface area (Å²) in [5, 5.41) is 16.4. The van der Waals surface area contributed by atoms with Gasteiger partial charge >= 0.3 is 0 Å². The van der Waals surface area contributed by atoms with Crippen LogP contribution in [0.15, 0.2) is 46.6 Å². The summed E-state index contributed by atoms with van der Waals surface area (Å²) in [6.45, 7) is 15.3. The summed E-state index contributed by atoms with van der Waals surface area (Å²) in [5.41, 5.74) is 1.35. The summed E-state index contributed by atoms with van der Waals surface area (Å²) in [6, 6.07) is 9.33. The lowest BCUT2D eigenvalue weighted by molar-refractivity contribution is -0.140. The number of hydrogen-bond donors (Lipinski definition) is 1. The predicted molar refractivity (Wildman–Crippen MR) is 199 cm³/mol. The third kappa shape index (κ3) is 6.14. The number of aromatic nitrogens is 2. The Morgan fingerprint density at radius 1 is 1.00 bits per heavy atom. The van der Waals surface area contributed by atoms with Crippen LogP contribution in [0.2, 0.25) is 18.1 Å². The molecule has 3 aliphatic carbocycles. The van der Waals surface area contributed by atoms with Gasteiger partial charge in [-0.15, -0.1) is 0 Å². The molecule has 274 valence electrons. The lowest BCUT2D eigenvalue weighted by Crippen LogP contribution is -2.68. The third-order valence-electron chi connectivity index (χ3n) is 11.4. The molecular weight excluding hydrogens is 663 g/mol. The van der Waals surface area contributed by atoms with Crippen molar-refractivity contribution in [2.45, 2.75) is 103 Å². The maximum atomic E-state index is 15.6. The van der Waals surface area contributed by atoms with Gasteiger partial charge in [0.05, 0.1) is 36.7 Å². The van der Waals surface area contributed by atoms with Crippen molar-refractivity contribution in [1.82, 2.24) is 15.0 Å². The third-order valence-corrected chi connectivity index (χ3v) is 15.8. The summed E-state index contributed by atoms with van der Waals surface area (Å²) in [6.07, 6.45) is 5.88. The molecule has 1 aromatic carbocycles. The van der Waals surface area contributed by atoms with E-state index in [1.807, 2.05) is 49.3 Å². The zero-order valence-electron chi connectivity index (χ0n) is 31.6. The summed E-state index contributed by atoms with van der Waals surface area (Å²) in [5.74, 6) is -1.34. The topological polar surface area (TPSA) is 124 Å². The van der Waals surface area contributed by atoms with Gasteiger partial charge in [-0.3, -0.25) is 19.5 Å². The molecular formula is C40H53N3O7Si. The van der Waals surface area contributed by atoms with E-state index in [0.29, 0.717) is 43.1 Å². The fourth-order valence-electron chi connectivity index (χ4n) is 7.70. The molecule has 0 aliphatic heterocycles. The van der Waals surface area contributed by atoms with Gasteiger partial charge < -0.3 is 23.5 Å². The lowest BCUT2D eigenvalue weighted by Gasteiger charge is -2.55. The molecule has 2 aromatic heterocycles. The number of carbonyl (C=O) groups is 2. The number of nitrogens with zero attached hydrogens (tertiary/aromatic N) is 3. The number of ketones is 2. The number of benzene rings is 1. The van der Waals surface area contributed by atoms with Crippen LogP contribution in [-0.4, -0.2) is 72.9 Å². The maximum Gasteiger partial charge on any atom is 0.265 e. The molecule has 51 heavy (non-hydrogen) atoms. The van der Waals surface area contributed by atoms with E-state index in [0.717, 1.165) is 42.5 Å². The molecule has 1 saturated carbocycles. The first-order chi connectivity index (χ1) is 24.2. The van der Waals surface area contributed by atoms with Crippen molar-refractivity contribution >= 4 is 25.6 Å². The molecule has 1 N–H and O–H groups in total. The van der Waals surface area contributed by atoms with Gasteiger partial charge in [-0.1, -0.05) is 77.8 Å². The summed E-state index contributed by atoms with van der Waals surface area (Å²) in [4.78, 5) is 37.8. The van der Waals surface area contributed by atoms with E-state index in [1.165, 1.54) is 0 Å². The van der Waals surface area contributed by atoms with Crippen molar-refractivity contribution in [3.63, 3.8) is 0 Å². The zero-order chi connectivity index (χ0) is 36.9. The molecule has 1 fully saturated rings. The number of unbranched alkanes of at least 4 members (excludes halogenated alkanes) is 2. The van der Waals surface area contributed by atoms with Gasteiger partial charge in [-0.25, -0.2) is 0 Å². The Balaban J connectivity index is 1.60. The number of aliphatic hydroxyl groups excluding tert-OH is 1. The van der Waals surface area contributed by atoms with E-state index in [-0.39, 0.29) is 27.8 Å². The van der Waals surface area contributed by atoms with E-state index in [9.17, 15) is 5.11 Å². The molecule has 0 saturated heterocycles. The second kappa shape index (κ2) is 14.0. The molecule has 3 aromatic rings. The predicted octanol–water partition coefficient (Wildman–Crippen LogP) is 8.38. The Bertz CT molecular complexity index is 1830. The highest BCUT2D eigenvalue weighted by Crippen LogP contribution is 2.59. The first kappa shape index (κ1) is 37.0. The quantitative estimate of drug-likeness (QED) is 0.111. The first-order valence-electron chi connectivity index (χ1n) is 18.4. The van der Waals surface area contributed by atoms with Crippen LogP contribution in [0.25, 0.3) is 17.0 Å². The largest absolute Gasteiger partial charge is 0.507 e. The van der Waals surface area contributed by atoms with Crippen LogP contribution in [0.3, 0.4) is 0 Å². The molecule has 0 amide bonds. The van der Waals surface area contributed by atoms with Crippen LogP contribution >= 0.6 is 0 Å². The number of Topliss-reactive ketones (excluding diaryl/α,β-unsaturated/α-hetero) is 2. The second-order valence-electron chi connectivity index (χ2n) is 16.0. The van der Waals surface area contributed by atoms with Crippen LogP contribution < -0.4 is 9.47 Å². The average Bonchev–Trinajstić information content (AvgIpc) is 3.49. The van der Waals surface area contributed by atoms with Crippen molar-refractivity contribution < 1.29 is 33.1 Å². The normalized spacial score (nSPS) is 23.1. The minimum absolute atomic E-state index is 0.0826. The zero-order valence-corrected chi connectivity index (χ0v) is 32.6. The van der Waals surface area contributed by atoms with Crippen LogP contribution in [-0.2, 0) is 15.6 Å². The van der Waals surface area contributed by atoms with Crippen molar-refractivity contribution in [1.29, 1.82) is 0 Å². The fraction of sp³-hybridized carbons (Fsp3) is 0.550. The number of rotatable bonds is 12. The molecule has 6 rings (SSSR count). The van der Waals surface area contributed by atoms with Gasteiger partial charge in [0.1, 0.15) is 17.1 Å². The Labute approximate surface area is 302 Å². The number of aliphatic hydroxyl groups is 1. The summed E-state index contributed by atoms with van der Waals surface area (Å²) < 4.78 is 25.5. The molecule has 4 atom stereocenters. The van der Waals surface area contributed by atoms with Crippen molar-refractivity contribution in [3.05, 3.63) is 64.6 Å². The Hall–Kier alpha value is -3.80. The fourth-order valence-corrected chi connectivity index (χ4v) is 9.15. The molecule has 0 bridgehead atoms. The Morgan fingerprint density at radius 2 is 1.67 bits per heavy atom. The van der Waals surface area contributed by atoms with E-state index in [2.05, 4.69) is 52.9 Å². The molecule has 11 heteroatoms. The smallest absolute Gasteiger partial charge is 0.265 e. The van der Waals surface area contributed by atoms with E-state index in [1.54, 1.807) is 6.20 Å². The number of pyridine rings is 1. The van der Waals surface area contributed by atoms with E-state index in [4.69, 9.17) is 23.4 Å². The Morgan fingerprint density at radius 3 is 2.29 bits per heavy atom. The van der Waals surface area contributed by atoms with Gasteiger partial charge in [-0.05, 0) is 74.5 Å². The van der Waals surface area contributed by atoms with Crippen LogP contribution in [0.5, 0.6) is 11.6 Å². The summed E-state index contributed by atoms with van der Waals surface area (Å²) in [7, 11) is 1.00. The first-order valence-corrected chi connectivity index (χ1v) is 21.3. The van der Waals surface area contributed by atoms with Crippen molar-refractivity contribution in [2.75, 3.05) is 27.3 Å². The minimum atomic E-state index is -2.83. The highest BCUT2D eigenvalue weighted by molar-refractivity contribution is 6.74.